The summed E-state index contributed by atoms with van der Waals surface area (Å²) in [5.41, 5.74) is 0. The van der Waals surface area contributed by atoms with Gasteiger partial charge in [-0.25, -0.2) is 0 Å². The maximum atomic E-state index is 12.2. The highest BCUT2D eigenvalue weighted by molar-refractivity contribution is 5.78. The topological polar surface area (TPSA) is 26.8 Å². The summed E-state index contributed by atoms with van der Waals surface area (Å²) in [6.45, 7) is 3.14. The second-order valence-electron chi connectivity index (χ2n) is 5.08. The van der Waals surface area contributed by atoms with E-state index in [9.17, 15) is 13.6 Å². The molecule has 18 heavy (non-hydrogen) atoms. The number of carbonyl (C=O) groups excluding carboxylic acids is 1. The molecule has 1 aliphatic rings. The van der Waals surface area contributed by atoms with Crippen LogP contribution in [0.5, 0.6) is 0 Å². The first-order valence-electron chi connectivity index (χ1n) is 6.33. The molecule has 0 unspecified atom stereocenters. The molecule has 0 aliphatic carbocycles. The largest absolute Gasteiger partial charge is 0.340 e. The molecular formula is C12H23F2N3O. The van der Waals surface area contributed by atoms with Crippen molar-refractivity contribution in [3.05, 3.63) is 0 Å². The molecule has 1 rings (SSSR count). The van der Waals surface area contributed by atoms with Gasteiger partial charge in [0.05, 0.1) is 0 Å². The Morgan fingerprint density at radius 1 is 1.28 bits per heavy atom. The van der Waals surface area contributed by atoms with Crippen LogP contribution in [0, 0.1) is 0 Å². The van der Waals surface area contributed by atoms with Crippen LogP contribution in [0.25, 0.3) is 0 Å². The molecule has 6 heteroatoms. The summed E-state index contributed by atoms with van der Waals surface area (Å²) in [4.78, 5) is 16.6. The summed E-state index contributed by atoms with van der Waals surface area (Å²) in [5.74, 6) is -1.09. The SMILES string of the molecule is CN1CCC(N(C)CCN(C)C(=O)C(F)F)CC1. The molecule has 1 amide bonds. The number of likely N-dealkylation sites (N-methyl/N-ethyl adjacent to an activating group) is 2. The predicted octanol–water partition coefficient (Wildman–Crippen LogP) is 0.736. The highest BCUT2D eigenvalue weighted by Gasteiger charge is 2.23. The van der Waals surface area contributed by atoms with Gasteiger partial charge < -0.3 is 14.7 Å². The first-order chi connectivity index (χ1) is 8.41. The molecule has 1 saturated heterocycles. The van der Waals surface area contributed by atoms with E-state index in [0.717, 1.165) is 30.8 Å². The van der Waals surface area contributed by atoms with Crippen molar-refractivity contribution < 1.29 is 13.6 Å². The van der Waals surface area contributed by atoms with Gasteiger partial charge in [0.2, 0.25) is 0 Å². The Bertz CT molecular complexity index is 268. The van der Waals surface area contributed by atoms with Crippen LogP contribution in [0.2, 0.25) is 0 Å². The molecule has 0 aromatic heterocycles. The minimum atomic E-state index is -2.90. The van der Waals surface area contributed by atoms with E-state index in [4.69, 9.17) is 0 Å². The van der Waals surface area contributed by atoms with E-state index in [1.165, 1.54) is 7.05 Å². The number of hydrogen-bond donors (Lipinski definition) is 0. The smallest absolute Gasteiger partial charge is 0.315 e. The lowest BCUT2D eigenvalue weighted by atomic mass is 10.0. The minimum absolute atomic E-state index is 0.353. The molecule has 0 radical (unpaired) electrons. The highest BCUT2D eigenvalue weighted by Crippen LogP contribution is 2.13. The van der Waals surface area contributed by atoms with Gasteiger partial charge in [-0.1, -0.05) is 0 Å². The third-order valence-corrected chi connectivity index (χ3v) is 3.66. The molecule has 1 aliphatic heterocycles. The number of likely N-dealkylation sites (tertiary alicyclic amines) is 1. The number of alkyl halides is 2. The predicted molar refractivity (Wildman–Crippen MR) is 66.8 cm³/mol. The highest BCUT2D eigenvalue weighted by atomic mass is 19.3. The van der Waals surface area contributed by atoms with Gasteiger partial charge in [-0.2, -0.15) is 8.78 Å². The van der Waals surface area contributed by atoms with Crippen LogP contribution in [0.4, 0.5) is 8.78 Å². The van der Waals surface area contributed by atoms with Gasteiger partial charge in [0.15, 0.2) is 0 Å². The van der Waals surface area contributed by atoms with Crippen LogP contribution in [-0.2, 0) is 4.79 Å². The van der Waals surface area contributed by atoms with Crippen LogP contribution in [-0.4, -0.2) is 80.4 Å². The van der Waals surface area contributed by atoms with E-state index in [2.05, 4.69) is 16.8 Å². The summed E-state index contributed by atoms with van der Waals surface area (Å²) in [6, 6.07) is 0.497. The molecule has 0 aromatic carbocycles. The number of carbonyl (C=O) groups is 1. The summed E-state index contributed by atoms with van der Waals surface area (Å²) < 4.78 is 24.4. The molecular weight excluding hydrogens is 240 g/mol. The molecule has 1 fully saturated rings. The molecule has 106 valence electrons. The van der Waals surface area contributed by atoms with E-state index >= 15 is 0 Å². The van der Waals surface area contributed by atoms with Gasteiger partial charge in [0.25, 0.3) is 5.91 Å². The van der Waals surface area contributed by atoms with E-state index < -0.39 is 12.3 Å². The fourth-order valence-electron chi connectivity index (χ4n) is 2.20. The molecule has 0 atom stereocenters. The zero-order valence-corrected chi connectivity index (χ0v) is 11.4. The van der Waals surface area contributed by atoms with Crippen LogP contribution in [0.1, 0.15) is 12.8 Å². The summed E-state index contributed by atoms with van der Waals surface area (Å²) in [5, 5.41) is 0. The number of amides is 1. The second-order valence-corrected chi connectivity index (χ2v) is 5.08. The number of hydrogen-bond acceptors (Lipinski definition) is 3. The van der Waals surface area contributed by atoms with Crippen LogP contribution in [0.15, 0.2) is 0 Å². The van der Waals surface area contributed by atoms with Gasteiger partial charge in [-0.15, -0.1) is 0 Å². The van der Waals surface area contributed by atoms with Gasteiger partial charge in [-0.05, 0) is 40.0 Å². The Morgan fingerprint density at radius 3 is 2.33 bits per heavy atom. The Kier molecular flexibility index (Phi) is 5.95. The minimum Gasteiger partial charge on any atom is -0.340 e. The maximum absolute atomic E-state index is 12.2. The fourth-order valence-corrected chi connectivity index (χ4v) is 2.20. The molecule has 0 N–H and O–H groups in total. The lowest BCUT2D eigenvalue weighted by Crippen LogP contribution is -2.45. The Labute approximate surface area is 108 Å². The number of rotatable bonds is 5. The van der Waals surface area contributed by atoms with Crippen molar-refractivity contribution in [1.82, 2.24) is 14.7 Å². The van der Waals surface area contributed by atoms with Crippen molar-refractivity contribution in [3.63, 3.8) is 0 Å². The summed E-state index contributed by atoms with van der Waals surface area (Å²) in [7, 11) is 5.53. The van der Waals surface area contributed by atoms with Crippen molar-refractivity contribution in [1.29, 1.82) is 0 Å². The molecule has 4 nitrogen and oxygen atoms in total. The normalized spacial score (nSPS) is 18.6. The van der Waals surface area contributed by atoms with Gasteiger partial charge in [0, 0.05) is 26.2 Å². The Hall–Kier alpha value is -0.750. The summed E-state index contributed by atoms with van der Waals surface area (Å²) >= 11 is 0. The van der Waals surface area contributed by atoms with Crippen LogP contribution < -0.4 is 0 Å². The van der Waals surface area contributed by atoms with Gasteiger partial charge in [0.1, 0.15) is 0 Å². The van der Waals surface area contributed by atoms with E-state index in [1.807, 2.05) is 7.05 Å². The van der Waals surface area contributed by atoms with Crippen molar-refractivity contribution >= 4 is 5.91 Å². The third-order valence-electron chi connectivity index (χ3n) is 3.66. The zero-order chi connectivity index (χ0) is 13.7. The number of nitrogens with zero attached hydrogens (tertiary/aromatic N) is 3. The van der Waals surface area contributed by atoms with Crippen molar-refractivity contribution in [2.45, 2.75) is 25.3 Å². The molecule has 0 saturated carbocycles. The standard InChI is InChI=1S/C12H23F2N3O/c1-15-6-4-10(5-7-15)16(2)8-9-17(3)12(18)11(13)14/h10-11H,4-9H2,1-3H3. The van der Waals surface area contributed by atoms with E-state index in [0.29, 0.717) is 19.1 Å². The lowest BCUT2D eigenvalue weighted by Gasteiger charge is -2.35. The molecule has 0 spiro atoms. The molecule has 0 aromatic rings. The Balaban J connectivity index is 2.28. The second kappa shape index (κ2) is 6.99. The first-order valence-corrected chi connectivity index (χ1v) is 6.33. The number of piperidine rings is 1. The lowest BCUT2D eigenvalue weighted by molar-refractivity contribution is -0.141. The quantitative estimate of drug-likeness (QED) is 0.732. The monoisotopic (exact) mass is 263 g/mol. The van der Waals surface area contributed by atoms with Crippen molar-refractivity contribution in [3.8, 4) is 0 Å². The van der Waals surface area contributed by atoms with Crippen LogP contribution in [0.3, 0.4) is 0 Å². The maximum Gasteiger partial charge on any atom is 0.315 e. The third kappa shape index (κ3) is 4.49. The van der Waals surface area contributed by atoms with Gasteiger partial charge >= 0.3 is 6.43 Å². The van der Waals surface area contributed by atoms with Crippen LogP contribution >= 0.6 is 0 Å². The van der Waals surface area contributed by atoms with Crippen molar-refractivity contribution in [2.24, 2.45) is 0 Å². The summed E-state index contributed by atoms with van der Waals surface area (Å²) in [6.07, 6.45) is -0.706. The van der Waals surface area contributed by atoms with E-state index in [1.54, 1.807) is 0 Å². The van der Waals surface area contributed by atoms with Gasteiger partial charge in [-0.3, -0.25) is 4.79 Å². The average Bonchev–Trinajstić information content (AvgIpc) is 2.35. The Morgan fingerprint density at radius 2 is 1.83 bits per heavy atom. The molecule has 1 heterocycles. The fraction of sp³-hybridized carbons (Fsp3) is 0.917. The van der Waals surface area contributed by atoms with E-state index in [-0.39, 0.29) is 0 Å². The zero-order valence-electron chi connectivity index (χ0n) is 11.4. The number of halogens is 2. The molecule has 0 bridgehead atoms. The average molecular weight is 263 g/mol. The van der Waals surface area contributed by atoms with Crippen molar-refractivity contribution in [2.75, 3.05) is 47.3 Å². The first kappa shape index (κ1) is 15.3.